The van der Waals surface area contributed by atoms with Crippen molar-refractivity contribution in [3.05, 3.63) is 59.9 Å². The van der Waals surface area contributed by atoms with Gasteiger partial charge in [0, 0.05) is 5.39 Å². The van der Waals surface area contributed by atoms with Gasteiger partial charge in [-0.15, -0.1) is 0 Å². The van der Waals surface area contributed by atoms with Gasteiger partial charge in [0.05, 0.1) is 12.0 Å². The van der Waals surface area contributed by atoms with Crippen molar-refractivity contribution in [2.24, 2.45) is 0 Å². The molecule has 0 atom stereocenters. The van der Waals surface area contributed by atoms with Crippen LogP contribution in [-0.2, 0) is 14.3 Å². The Morgan fingerprint density at radius 2 is 1.84 bits per heavy atom. The summed E-state index contributed by atoms with van der Waals surface area (Å²) in [5, 5.41) is 0.684. The van der Waals surface area contributed by atoms with Crippen LogP contribution in [0.1, 0.15) is 16.1 Å². The SMILES string of the molecule is COc1cccc2cc(C(=O)COS(=O)(=O)c3ccc(C)cc3)oc12. The minimum atomic E-state index is -4.01. The van der Waals surface area contributed by atoms with Crippen molar-refractivity contribution < 1.29 is 26.5 Å². The lowest BCUT2D eigenvalue weighted by atomic mass is 10.2. The van der Waals surface area contributed by atoms with Crippen LogP contribution in [0.2, 0.25) is 0 Å². The van der Waals surface area contributed by atoms with Gasteiger partial charge in [0.2, 0.25) is 5.78 Å². The van der Waals surface area contributed by atoms with Gasteiger partial charge in [-0.05, 0) is 31.2 Å². The maximum Gasteiger partial charge on any atom is 0.297 e. The van der Waals surface area contributed by atoms with Crippen molar-refractivity contribution in [2.75, 3.05) is 13.7 Å². The van der Waals surface area contributed by atoms with E-state index < -0.39 is 22.5 Å². The molecule has 130 valence electrons. The van der Waals surface area contributed by atoms with E-state index in [2.05, 4.69) is 0 Å². The van der Waals surface area contributed by atoms with Crippen LogP contribution in [0.5, 0.6) is 5.75 Å². The molecule has 1 aromatic heterocycles. The Morgan fingerprint density at radius 1 is 1.12 bits per heavy atom. The molecule has 1 heterocycles. The van der Waals surface area contributed by atoms with Gasteiger partial charge in [0.1, 0.15) is 6.61 Å². The fourth-order valence-electron chi connectivity index (χ4n) is 2.31. The molecule has 0 radical (unpaired) electrons. The third-order valence-electron chi connectivity index (χ3n) is 3.66. The Bertz CT molecular complexity index is 1020. The first-order chi connectivity index (χ1) is 11.9. The second-order valence-corrected chi connectivity index (χ2v) is 7.06. The monoisotopic (exact) mass is 360 g/mol. The molecule has 0 unspecified atom stereocenters. The molecule has 0 aliphatic carbocycles. The molecule has 0 amide bonds. The number of rotatable bonds is 6. The van der Waals surface area contributed by atoms with E-state index in [1.165, 1.54) is 25.3 Å². The van der Waals surface area contributed by atoms with Gasteiger partial charge < -0.3 is 9.15 Å². The number of ketones is 1. The normalized spacial score (nSPS) is 11.6. The lowest BCUT2D eigenvalue weighted by Crippen LogP contribution is -2.14. The molecular weight excluding hydrogens is 344 g/mol. The van der Waals surface area contributed by atoms with Gasteiger partial charge >= 0.3 is 0 Å². The second-order valence-electron chi connectivity index (χ2n) is 5.44. The van der Waals surface area contributed by atoms with Gasteiger partial charge in [-0.3, -0.25) is 8.98 Å². The zero-order valence-electron chi connectivity index (χ0n) is 13.7. The molecule has 0 spiro atoms. The van der Waals surface area contributed by atoms with Crippen molar-refractivity contribution in [3.63, 3.8) is 0 Å². The molecule has 25 heavy (non-hydrogen) atoms. The van der Waals surface area contributed by atoms with Crippen LogP contribution in [0.15, 0.2) is 57.8 Å². The van der Waals surface area contributed by atoms with Crippen molar-refractivity contribution in [3.8, 4) is 5.75 Å². The molecule has 6 nitrogen and oxygen atoms in total. The number of ether oxygens (including phenoxy) is 1. The number of aryl methyl sites for hydroxylation is 1. The van der Waals surface area contributed by atoms with Crippen molar-refractivity contribution in [1.82, 2.24) is 0 Å². The van der Waals surface area contributed by atoms with E-state index in [1.807, 2.05) is 6.92 Å². The summed E-state index contributed by atoms with van der Waals surface area (Å²) in [4.78, 5) is 12.2. The Balaban J connectivity index is 1.77. The first-order valence-corrected chi connectivity index (χ1v) is 8.87. The Hall–Kier alpha value is -2.64. The predicted molar refractivity (Wildman–Crippen MR) is 91.4 cm³/mol. The Kier molecular flexibility index (Phi) is 4.61. The highest BCUT2D eigenvalue weighted by Gasteiger charge is 2.20. The van der Waals surface area contributed by atoms with Crippen molar-refractivity contribution in [2.45, 2.75) is 11.8 Å². The lowest BCUT2D eigenvalue weighted by molar-refractivity contribution is 0.0899. The van der Waals surface area contributed by atoms with Crippen LogP contribution in [0.25, 0.3) is 11.0 Å². The summed E-state index contributed by atoms with van der Waals surface area (Å²) in [5.41, 5.74) is 1.35. The molecule has 0 aliphatic heterocycles. The predicted octanol–water partition coefficient (Wildman–Crippen LogP) is 3.34. The second kappa shape index (κ2) is 6.70. The number of fused-ring (bicyclic) bond motifs is 1. The molecule has 3 rings (SSSR count). The molecule has 0 saturated heterocycles. The number of Topliss-reactive ketones (excluding diaryl/α,β-unsaturated/α-hetero) is 1. The first kappa shape index (κ1) is 17.2. The van der Waals surface area contributed by atoms with E-state index in [1.54, 1.807) is 30.3 Å². The summed E-state index contributed by atoms with van der Waals surface area (Å²) < 4.78 is 39.8. The molecule has 0 aliphatic rings. The average molecular weight is 360 g/mol. The Morgan fingerprint density at radius 3 is 2.52 bits per heavy atom. The summed E-state index contributed by atoms with van der Waals surface area (Å²) >= 11 is 0. The maximum atomic E-state index is 12.2. The molecule has 7 heteroatoms. The molecule has 3 aromatic rings. The molecule has 0 fully saturated rings. The summed E-state index contributed by atoms with van der Waals surface area (Å²) in [5.74, 6) is -0.0720. The highest BCUT2D eigenvalue weighted by molar-refractivity contribution is 7.86. The highest BCUT2D eigenvalue weighted by atomic mass is 32.2. The van der Waals surface area contributed by atoms with Crippen LogP contribution in [0.3, 0.4) is 0 Å². The van der Waals surface area contributed by atoms with Gasteiger partial charge in [-0.25, -0.2) is 0 Å². The van der Waals surface area contributed by atoms with E-state index in [0.717, 1.165) is 5.56 Å². The maximum absolute atomic E-state index is 12.2. The van der Waals surface area contributed by atoms with E-state index in [0.29, 0.717) is 16.7 Å². The number of hydrogen-bond acceptors (Lipinski definition) is 6. The number of carbonyl (C=O) groups is 1. The summed E-state index contributed by atoms with van der Waals surface area (Å²) in [6, 6.07) is 12.9. The number of methoxy groups -OCH3 is 1. The third kappa shape index (κ3) is 3.57. The summed E-state index contributed by atoms with van der Waals surface area (Å²) in [7, 11) is -2.51. The minimum Gasteiger partial charge on any atom is -0.493 e. The number of carbonyl (C=O) groups excluding carboxylic acids is 1. The van der Waals surface area contributed by atoms with Crippen molar-refractivity contribution in [1.29, 1.82) is 0 Å². The molecular formula is C18H16O6S. The molecule has 0 saturated carbocycles. The molecule has 0 bridgehead atoms. The van der Waals surface area contributed by atoms with Crippen LogP contribution >= 0.6 is 0 Å². The number of para-hydroxylation sites is 1. The first-order valence-electron chi connectivity index (χ1n) is 7.46. The van der Waals surface area contributed by atoms with Gasteiger partial charge in [0.25, 0.3) is 10.1 Å². The van der Waals surface area contributed by atoms with Crippen LogP contribution in [0.4, 0.5) is 0 Å². The van der Waals surface area contributed by atoms with E-state index in [4.69, 9.17) is 13.3 Å². The summed E-state index contributed by atoms with van der Waals surface area (Å²) in [6.45, 7) is 1.20. The fraction of sp³-hybridized carbons (Fsp3) is 0.167. The van der Waals surface area contributed by atoms with Gasteiger partial charge in [-0.1, -0.05) is 29.8 Å². The standard InChI is InChI=1S/C18H16O6S/c1-12-6-8-14(9-7-12)25(20,21)23-11-15(19)17-10-13-4-3-5-16(22-2)18(13)24-17/h3-10H,11H2,1-2H3. The topological polar surface area (TPSA) is 82.8 Å². The fourth-order valence-corrected chi connectivity index (χ4v) is 3.18. The largest absolute Gasteiger partial charge is 0.493 e. The lowest BCUT2D eigenvalue weighted by Gasteiger charge is -2.04. The molecule has 2 aromatic carbocycles. The van der Waals surface area contributed by atoms with Gasteiger partial charge in [-0.2, -0.15) is 8.42 Å². The van der Waals surface area contributed by atoms with Crippen LogP contribution in [-0.4, -0.2) is 27.9 Å². The molecule has 0 N–H and O–H groups in total. The Labute approximate surface area is 145 Å². The van der Waals surface area contributed by atoms with E-state index >= 15 is 0 Å². The van der Waals surface area contributed by atoms with E-state index in [9.17, 15) is 13.2 Å². The van der Waals surface area contributed by atoms with Crippen LogP contribution < -0.4 is 4.74 Å². The zero-order chi connectivity index (χ0) is 18.0. The van der Waals surface area contributed by atoms with E-state index in [-0.39, 0.29) is 10.7 Å². The van der Waals surface area contributed by atoms with Crippen LogP contribution in [0, 0.1) is 6.92 Å². The zero-order valence-corrected chi connectivity index (χ0v) is 14.5. The smallest absolute Gasteiger partial charge is 0.297 e. The number of furan rings is 1. The van der Waals surface area contributed by atoms with Gasteiger partial charge in [0.15, 0.2) is 17.1 Å². The third-order valence-corrected chi connectivity index (χ3v) is 4.94. The quantitative estimate of drug-likeness (QED) is 0.495. The number of hydrogen-bond donors (Lipinski definition) is 0. The average Bonchev–Trinajstić information content (AvgIpc) is 3.04. The minimum absolute atomic E-state index is 0.00262. The summed E-state index contributed by atoms with van der Waals surface area (Å²) in [6.07, 6.45) is 0. The van der Waals surface area contributed by atoms with Crippen molar-refractivity contribution >= 4 is 26.9 Å². The number of benzene rings is 2. The highest BCUT2D eigenvalue weighted by Crippen LogP contribution is 2.28.